The monoisotopic (exact) mass is 302 g/mol. The predicted octanol–water partition coefficient (Wildman–Crippen LogP) is 2.97. The smallest absolute Gasteiger partial charge is 0.393 e. The minimum Gasteiger partial charge on any atom is -0.496 e. The van der Waals surface area contributed by atoms with Gasteiger partial charge < -0.3 is 15.4 Å². The molecule has 1 aromatic rings. The van der Waals surface area contributed by atoms with E-state index in [1.54, 1.807) is 12.0 Å². The van der Waals surface area contributed by atoms with Crippen LogP contribution in [-0.4, -0.2) is 37.8 Å². The van der Waals surface area contributed by atoms with Gasteiger partial charge in [-0.25, -0.2) is 0 Å². The Morgan fingerprint density at radius 1 is 1.38 bits per heavy atom. The lowest BCUT2D eigenvalue weighted by Crippen LogP contribution is -2.44. The van der Waals surface area contributed by atoms with E-state index in [0.29, 0.717) is 25.3 Å². The average molecular weight is 302 g/mol. The standard InChI is InChI=1S/C15H21F3N2O/c1-21-14-7-3-2-6-12(14)13(19)10-20-8-4-5-11(9-20)15(16,17)18/h2-3,6-7,11,13H,4-5,8-10,19H2,1H3. The molecule has 3 nitrogen and oxygen atoms in total. The number of likely N-dealkylation sites (tertiary alicyclic amines) is 1. The number of para-hydroxylation sites is 1. The van der Waals surface area contributed by atoms with Crippen LogP contribution in [-0.2, 0) is 0 Å². The number of halogens is 3. The number of nitrogens with zero attached hydrogens (tertiary/aromatic N) is 1. The molecule has 1 fully saturated rings. The van der Waals surface area contributed by atoms with Crippen molar-refractivity contribution in [2.45, 2.75) is 25.1 Å². The summed E-state index contributed by atoms with van der Waals surface area (Å²) in [5.74, 6) is -0.564. The molecule has 0 amide bonds. The molecular formula is C15H21F3N2O. The van der Waals surface area contributed by atoms with E-state index in [4.69, 9.17) is 10.5 Å². The molecule has 0 radical (unpaired) electrons. The van der Waals surface area contributed by atoms with Crippen LogP contribution in [0.4, 0.5) is 13.2 Å². The second-order valence-corrected chi connectivity index (χ2v) is 5.49. The van der Waals surface area contributed by atoms with Crippen LogP contribution < -0.4 is 10.5 Å². The third-order valence-electron chi connectivity index (χ3n) is 3.96. The molecule has 1 heterocycles. The van der Waals surface area contributed by atoms with Crippen LogP contribution in [0.5, 0.6) is 5.75 Å². The maximum Gasteiger partial charge on any atom is 0.393 e. The highest BCUT2D eigenvalue weighted by Gasteiger charge is 2.41. The van der Waals surface area contributed by atoms with E-state index >= 15 is 0 Å². The minimum atomic E-state index is -4.12. The first kappa shape index (κ1) is 16.1. The molecule has 2 N–H and O–H groups in total. The summed E-state index contributed by atoms with van der Waals surface area (Å²) in [4.78, 5) is 1.80. The van der Waals surface area contributed by atoms with E-state index < -0.39 is 12.1 Å². The number of alkyl halides is 3. The van der Waals surface area contributed by atoms with Crippen LogP contribution in [0.25, 0.3) is 0 Å². The maximum absolute atomic E-state index is 12.8. The summed E-state index contributed by atoms with van der Waals surface area (Å²) >= 11 is 0. The van der Waals surface area contributed by atoms with Gasteiger partial charge in [-0.1, -0.05) is 18.2 Å². The lowest BCUT2D eigenvalue weighted by atomic mass is 9.96. The second kappa shape index (κ2) is 6.66. The van der Waals surface area contributed by atoms with Gasteiger partial charge in [0.05, 0.1) is 13.0 Å². The minimum absolute atomic E-state index is 0.0341. The fourth-order valence-electron chi connectivity index (χ4n) is 2.84. The van der Waals surface area contributed by atoms with Gasteiger partial charge in [-0.2, -0.15) is 13.2 Å². The summed E-state index contributed by atoms with van der Waals surface area (Å²) in [5.41, 5.74) is 6.98. The van der Waals surface area contributed by atoms with Gasteiger partial charge in [-0.05, 0) is 25.5 Å². The molecule has 0 saturated carbocycles. The molecule has 1 aromatic carbocycles. The predicted molar refractivity (Wildman–Crippen MR) is 75.1 cm³/mol. The number of hydrogen-bond acceptors (Lipinski definition) is 3. The summed E-state index contributed by atoms with van der Waals surface area (Å²) in [6.07, 6.45) is -3.35. The first-order valence-corrected chi connectivity index (χ1v) is 7.09. The molecule has 1 saturated heterocycles. The van der Waals surface area contributed by atoms with Crippen molar-refractivity contribution in [3.05, 3.63) is 29.8 Å². The maximum atomic E-state index is 12.8. The van der Waals surface area contributed by atoms with E-state index in [1.165, 1.54) is 0 Å². The average Bonchev–Trinajstić information content (AvgIpc) is 2.46. The van der Waals surface area contributed by atoms with Crippen LogP contribution in [0, 0.1) is 5.92 Å². The highest BCUT2D eigenvalue weighted by atomic mass is 19.4. The molecule has 1 aliphatic rings. The fourth-order valence-corrected chi connectivity index (χ4v) is 2.84. The van der Waals surface area contributed by atoms with Crippen LogP contribution in [0.1, 0.15) is 24.4 Å². The van der Waals surface area contributed by atoms with E-state index in [1.807, 2.05) is 24.3 Å². The number of nitrogens with two attached hydrogens (primary N) is 1. The summed E-state index contributed by atoms with van der Waals surface area (Å²) < 4.78 is 43.7. The number of benzene rings is 1. The van der Waals surface area contributed by atoms with Crippen LogP contribution >= 0.6 is 0 Å². The van der Waals surface area contributed by atoms with Crippen LogP contribution in [0.2, 0.25) is 0 Å². The largest absolute Gasteiger partial charge is 0.496 e. The molecule has 2 rings (SSSR count). The van der Waals surface area contributed by atoms with E-state index in [9.17, 15) is 13.2 Å². The highest BCUT2D eigenvalue weighted by Crippen LogP contribution is 2.34. The summed E-state index contributed by atoms with van der Waals surface area (Å²) in [6.45, 7) is 1.11. The van der Waals surface area contributed by atoms with Gasteiger partial charge in [-0.3, -0.25) is 0 Å². The Balaban J connectivity index is 2.00. The van der Waals surface area contributed by atoms with Crippen LogP contribution in [0.15, 0.2) is 24.3 Å². The van der Waals surface area contributed by atoms with Gasteiger partial charge >= 0.3 is 6.18 Å². The third kappa shape index (κ3) is 4.11. The zero-order valence-electron chi connectivity index (χ0n) is 12.1. The van der Waals surface area contributed by atoms with Gasteiger partial charge in [0.25, 0.3) is 0 Å². The second-order valence-electron chi connectivity index (χ2n) is 5.49. The van der Waals surface area contributed by atoms with Gasteiger partial charge in [0.15, 0.2) is 0 Å². The number of piperidine rings is 1. The lowest BCUT2D eigenvalue weighted by Gasteiger charge is -2.35. The number of hydrogen-bond donors (Lipinski definition) is 1. The molecule has 118 valence electrons. The Bertz CT molecular complexity index is 464. The zero-order valence-corrected chi connectivity index (χ0v) is 12.1. The van der Waals surface area contributed by atoms with Crippen molar-refractivity contribution >= 4 is 0 Å². The molecule has 0 aromatic heterocycles. The SMILES string of the molecule is COc1ccccc1C(N)CN1CCCC(C(F)(F)F)C1. The molecule has 2 atom stereocenters. The first-order chi connectivity index (χ1) is 9.91. The summed E-state index contributed by atoms with van der Waals surface area (Å²) in [5, 5.41) is 0. The van der Waals surface area contributed by atoms with Crippen molar-refractivity contribution in [3.63, 3.8) is 0 Å². The lowest BCUT2D eigenvalue weighted by molar-refractivity contribution is -0.186. The number of rotatable bonds is 4. The Kier molecular flexibility index (Phi) is 5.11. The molecule has 2 unspecified atom stereocenters. The van der Waals surface area contributed by atoms with E-state index in [0.717, 1.165) is 5.56 Å². The topological polar surface area (TPSA) is 38.5 Å². The van der Waals surface area contributed by atoms with Gasteiger partial charge in [0.2, 0.25) is 0 Å². The molecule has 0 spiro atoms. The van der Waals surface area contributed by atoms with Crippen molar-refractivity contribution in [1.29, 1.82) is 0 Å². The van der Waals surface area contributed by atoms with Gasteiger partial charge in [0, 0.05) is 24.7 Å². The summed E-state index contributed by atoms with van der Waals surface area (Å²) in [7, 11) is 1.56. The molecular weight excluding hydrogens is 281 g/mol. The van der Waals surface area contributed by atoms with Gasteiger partial charge in [0.1, 0.15) is 5.75 Å². The first-order valence-electron chi connectivity index (χ1n) is 7.09. The molecule has 6 heteroatoms. The van der Waals surface area contributed by atoms with E-state index in [2.05, 4.69) is 0 Å². The summed E-state index contributed by atoms with van der Waals surface area (Å²) in [6, 6.07) is 7.01. The molecule has 0 aliphatic carbocycles. The van der Waals surface area contributed by atoms with Crippen molar-refractivity contribution in [2.75, 3.05) is 26.7 Å². The Morgan fingerprint density at radius 2 is 2.10 bits per heavy atom. The van der Waals surface area contributed by atoms with Crippen molar-refractivity contribution in [2.24, 2.45) is 11.7 Å². The van der Waals surface area contributed by atoms with Crippen LogP contribution in [0.3, 0.4) is 0 Å². The normalized spacial score (nSPS) is 22.0. The highest BCUT2D eigenvalue weighted by molar-refractivity contribution is 5.35. The van der Waals surface area contributed by atoms with E-state index in [-0.39, 0.29) is 19.0 Å². The fraction of sp³-hybridized carbons (Fsp3) is 0.600. The Morgan fingerprint density at radius 3 is 2.76 bits per heavy atom. The molecule has 0 bridgehead atoms. The molecule has 1 aliphatic heterocycles. The number of ether oxygens (including phenoxy) is 1. The van der Waals surface area contributed by atoms with Crippen molar-refractivity contribution < 1.29 is 17.9 Å². The quantitative estimate of drug-likeness (QED) is 0.929. The molecule has 21 heavy (non-hydrogen) atoms. The Labute approximate surface area is 122 Å². The third-order valence-corrected chi connectivity index (χ3v) is 3.96. The van der Waals surface area contributed by atoms with Crippen molar-refractivity contribution in [1.82, 2.24) is 4.90 Å². The zero-order chi connectivity index (χ0) is 15.5. The Hall–Kier alpha value is -1.27. The van der Waals surface area contributed by atoms with Gasteiger partial charge in [-0.15, -0.1) is 0 Å². The number of methoxy groups -OCH3 is 1. The van der Waals surface area contributed by atoms with Crippen molar-refractivity contribution in [3.8, 4) is 5.75 Å².